The molecule has 0 saturated carbocycles. The number of aryl methyl sites for hydroxylation is 1. The molecule has 2 aromatic rings. The van der Waals surface area contributed by atoms with Crippen molar-refractivity contribution in [1.29, 1.82) is 0 Å². The molecule has 2 rings (SSSR count). The van der Waals surface area contributed by atoms with E-state index in [9.17, 15) is 4.39 Å². The molecule has 0 radical (unpaired) electrons. The Morgan fingerprint density at radius 2 is 2.00 bits per heavy atom. The van der Waals surface area contributed by atoms with Gasteiger partial charge in [0.1, 0.15) is 5.82 Å². The highest BCUT2D eigenvalue weighted by Crippen LogP contribution is 2.06. The van der Waals surface area contributed by atoms with Crippen LogP contribution in [-0.4, -0.2) is 9.55 Å². The van der Waals surface area contributed by atoms with Crippen molar-refractivity contribution in [2.45, 2.75) is 13.5 Å². The molecule has 1 aromatic carbocycles. The number of benzene rings is 1. The Morgan fingerprint density at radius 3 is 2.57 bits per heavy atom. The molecule has 0 aliphatic heterocycles. The average molecular weight is 190 g/mol. The van der Waals surface area contributed by atoms with Gasteiger partial charge in [0.25, 0.3) is 0 Å². The maximum atomic E-state index is 12.6. The van der Waals surface area contributed by atoms with Gasteiger partial charge < -0.3 is 4.57 Å². The van der Waals surface area contributed by atoms with E-state index in [-0.39, 0.29) is 5.82 Å². The number of rotatable bonds is 2. The molecule has 0 amide bonds. The summed E-state index contributed by atoms with van der Waals surface area (Å²) in [6.45, 7) is 2.74. The number of imidazole rings is 1. The minimum atomic E-state index is -0.198. The molecule has 1 aromatic heterocycles. The summed E-state index contributed by atoms with van der Waals surface area (Å²) in [5.41, 5.74) is 2.18. The molecule has 0 fully saturated rings. The lowest BCUT2D eigenvalue weighted by molar-refractivity contribution is 0.626. The summed E-state index contributed by atoms with van der Waals surface area (Å²) >= 11 is 0. The lowest BCUT2D eigenvalue weighted by atomic mass is 10.2. The molecule has 0 atom stereocenters. The van der Waals surface area contributed by atoms with Gasteiger partial charge in [-0.3, -0.25) is 0 Å². The first kappa shape index (κ1) is 8.94. The molecule has 0 unspecified atom stereocenters. The third-order valence-electron chi connectivity index (χ3n) is 2.19. The second-order valence-electron chi connectivity index (χ2n) is 3.29. The van der Waals surface area contributed by atoms with Crippen molar-refractivity contribution < 1.29 is 4.39 Å². The first-order chi connectivity index (χ1) is 6.75. The minimum absolute atomic E-state index is 0.198. The lowest BCUT2D eigenvalue weighted by Crippen LogP contribution is -1.99. The zero-order valence-corrected chi connectivity index (χ0v) is 7.94. The van der Waals surface area contributed by atoms with E-state index in [0.717, 1.165) is 17.8 Å². The van der Waals surface area contributed by atoms with Gasteiger partial charge in [-0.15, -0.1) is 0 Å². The predicted molar refractivity (Wildman–Crippen MR) is 52.5 cm³/mol. The number of aromatic nitrogens is 2. The topological polar surface area (TPSA) is 17.8 Å². The van der Waals surface area contributed by atoms with Crippen LogP contribution in [0.15, 0.2) is 36.8 Å². The molecule has 2 nitrogen and oxygen atoms in total. The van der Waals surface area contributed by atoms with E-state index in [1.165, 1.54) is 12.1 Å². The summed E-state index contributed by atoms with van der Waals surface area (Å²) < 4.78 is 14.6. The SMILES string of the molecule is Cc1cncn1Cc1ccc(F)cc1. The molecule has 0 saturated heterocycles. The average Bonchev–Trinajstić information content (AvgIpc) is 2.56. The van der Waals surface area contributed by atoms with Gasteiger partial charge in [0.2, 0.25) is 0 Å². The lowest BCUT2D eigenvalue weighted by Gasteiger charge is -2.04. The summed E-state index contributed by atoms with van der Waals surface area (Å²) in [5.74, 6) is -0.198. The van der Waals surface area contributed by atoms with Crippen molar-refractivity contribution in [2.24, 2.45) is 0 Å². The Morgan fingerprint density at radius 1 is 1.29 bits per heavy atom. The zero-order valence-electron chi connectivity index (χ0n) is 7.94. The molecule has 14 heavy (non-hydrogen) atoms. The van der Waals surface area contributed by atoms with Crippen LogP contribution < -0.4 is 0 Å². The third-order valence-corrected chi connectivity index (χ3v) is 2.19. The molecule has 0 bridgehead atoms. The summed E-state index contributed by atoms with van der Waals surface area (Å²) in [4.78, 5) is 4.02. The summed E-state index contributed by atoms with van der Waals surface area (Å²) in [6.07, 6.45) is 3.59. The van der Waals surface area contributed by atoms with E-state index in [4.69, 9.17) is 0 Å². The molecule has 0 aliphatic carbocycles. The first-order valence-corrected chi connectivity index (χ1v) is 4.47. The predicted octanol–water partition coefficient (Wildman–Crippen LogP) is 2.38. The molecule has 72 valence electrons. The van der Waals surface area contributed by atoms with Gasteiger partial charge in [0.15, 0.2) is 0 Å². The Bertz CT molecular complexity index is 417. The quantitative estimate of drug-likeness (QED) is 0.711. The second kappa shape index (κ2) is 3.62. The van der Waals surface area contributed by atoms with Gasteiger partial charge in [0, 0.05) is 18.4 Å². The first-order valence-electron chi connectivity index (χ1n) is 4.47. The highest BCUT2D eigenvalue weighted by molar-refractivity contribution is 5.17. The number of hydrogen-bond donors (Lipinski definition) is 0. The van der Waals surface area contributed by atoms with Gasteiger partial charge >= 0.3 is 0 Å². The molecule has 0 aliphatic rings. The van der Waals surface area contributed by atoms with Gasteiger partial charge in [-0.1, -0.05) is 12.1 Å². The largest absolute Gasteiger partial charge is 0.330 e. The normalized spacial score (nSPS) is 10.4. The fourth-order valence-electron chi connectivity index (χ4n) is 1.34. The van der Waals surface area contributed by atoms with Gasteiger partial charge in [0.05, 0.1) is 6.33 Å². The number of hydrogen-bond acceptors (Lipinski definition) is 1. The van der Waals surface area contributed by atoms with Gasteiger partial charge in [-0.25, -0.2) is 9.37 Å². The molecule has 0 spiro atoms. The Kier molecular flexibility index (Phi) is 2.31. The smallest absolute Gasteiger partial charge is 0.123 e. The van der Waals surface area contributed by atoms with E-state index >= 15 is 0 Å². The van der Waals surface area contributed by atoms with Crippen LogP contribution in [0.3, 0.4) is 0 Å². The highest BCUT2D eigenvalue weighted by Gasteiger charge is 1.98. The van der Waals surface area contributed by atoms with Crippen LogP contribution in [0, 0.1) is 12.7 Å². The van der Waals surface area contributed by atoms with Crippen molar-refractivity contribution >= 4 is 0 Å². The highest BCUT2D eigenvalue weighted by atomic mass is 19.1. The maximum absolute atomic E-state index is 12.6. The van der Waals surface area contributed by atoms with Crippen LogP contribution in [0.25, 0.3) is 0 Å². The molecular weight excluding hydrogens is 179 g/mol. The van der Waals surface area contributed by atoms with E-state index in [1.54, 1.807) is 18.5 Å². The van der Waals surface area contributed by atoms with E-state index < -0.39 is 0 Å². The molecule has 1 heterocycles. The Labute approximate surface area is 82.0 Å². The van der Waals surface area contributed by atoms with Gasteiger partial charge in [-0.2, -0.15) is 0 Å². The second-order valence-corrected chi connectivity index (χ2v) is 3.29. The Balaban J connectivity index is 2.19. The van der Waals surface area contributed by atoms with Crippen LogP contribution >= 0.6 is 0 Å². The molecular formula is C11H11FN2. The zero-order chi connectivity index (χ0) is 9.97. The fourth-order valence-corrected chi connectivity index (χ4v) is 1.34. The standard InChI is InChI=1S/C11H11FN2/c1-9-6-13-8-14(9)7-10-2-4-11(12)5-3-10/h2-6,8H,7H2,1H3. The van der Waals surface area contributed by atoms with E-state index in [0.29, 0.717) is 0 Å². The van der Waals surface area contributed by atoms with Crippen molar-refractivity contribution in [3.8, 4) is 0 Å². The van der Waals surface area contributed by atoms with E-state index in [1.807, 2.05) is 17.7 Å². The van der Waals surface area contributed by atoms with Crippen LogP contribution in [0.2, 0.25) is 0 Å². The fraction of sp³-hybridized carbons (Fsp3) is 0.182. The molecule has 3 heteroatoms. The van der Waals surface area contributed by atoms with Gasteiger partial charge in [-0.05, 0) is 24.6 Å². The van der Waals surface area contributed by atoms with Crippen LogP contribution in [0.5, 0.6) is 0 Å². The monoisotopic (exact) mass is 190 g/mol. The van der Waals surface area contributed by atoms with E-state index in [2.05, 4.69) is 4.98 Å². The van der Waals surface area contributed by atoms with Crippen LogP contribution in [0.1, 0.15) is 11.3 Å². The number of halogens is 1. The van der Waals surface area contributed by atoms with Crippen molar-refractivity contribution in [3.05, 3.63) is 53.9 Å². The minimum Gasteiger partial charge on any atom is -0.330 e. The summed E-state index contributed by atoms with van der Waals surface area (Å²) in [6, 6.07) is 6.52. The Hall–Kier alpha value is -1.64. The van der Waals surface area contributed by atoms with Crippen LogP contribution in [-0.2, 0) is 6.54 Å². The summed E-state index contributed by atoms with van der Waals surface area (Å²) in [7, 11) is 0. The van der Waals surface area contributed by atoms with Crippen molar-refractivity contribution in [1.82, 2.24) is 9.55 Å². The van der Waals surface area contributed by atoms with Crippen molar-refractivity contribution in [2.75, 3.05) is 0 Å². The third kappa shape index (κ3) is 1.82. The maximum Gasteiger partial charge on any atom is 0.123 e. The summed E-state index contributed by atoms with van der Waals surface area (Å²) in [5, 5.41) is 0. The van der Waals surface area contributed by atoms with Crippen LogP contribution in [0.4, 0.5) is 4.39 Å². The molecule has 0 N–H and O–H groups in total. The number of nitrogens with zero attached hydrogens (tertiary/aromatic N) is 2. The van der Waals surface area contributed by atoms with Crippen molar-refractivity contribution in [3.63, 3.8) is 0 Å².